The first kappa shape index (κ1) is 16.1. The summed E-state index contributed by atoms with van der Waals surface area (Å²) in [4.78, 5) is 12.3. The lowest BCUT2D eigenvalue weighted by Gasteiger charge is -2.24. The molecule has 1 saturated carbocycles. The number of amides is 1. The lowest BCUT2D eigenvalue weighted by molar-refractivity contribution is -0.126. The Hall–Kier alpha value is -1.29. The van der Waals surface area contributed by atoms with E-state index in [9.17, 15) is 9.90 Å². The second kappa shape index (κ2) is 6.65. The number of aryl methyl sites for hydroxylation is 2. The molecule has 1 fully saturated rings. The molecule has 0 aromatic carbocycles. The van der Waals surface area contributed by atoms with Crippen LogP contribution in [0, 0.1) is 19.8 Å². The van der Waals surface area contributed by atoms with E-state index in [0.29, 0.717) is 5.76 Å². The molecule has 2 rings (SSSR count). The molecular weight excluding hydrogens is 266 g/mol. The highest BCUT2D eigenvalue weighted by molar-refractivity contribution is 5.78. The molecule has 1 aromatic heterocycles. The van der Waals surface area contributed by atoms with Gasteiger partial charge in [-0.3, -0.25) is 4.79 Å². The van der Waals surface area contributed by atoms with E-state index < -0.39 is 5.60 Å². The van der Waals surface area contributed by atoms with Gasteiger partial charge in [0.2, 0.25) is 5.91 Å². The Morgan fingerprint density at radius 3 is 2.48 bits per heavy atom. The van der Waals surface area contributed by atoms with Gasteiger partial charge in [-0.1, -0.05) is 25.7 Å². The zero-order valence-electron chi connectivity index (χ0n) is 13.4. The molecule has 1 aromatic rings. The highest BCUT2D eigenvalue weighted by Crippen LogP contribution is 2.27. The van der Waals surface area contributed by atoms with Crippen LogP contribution in [-0.2, 0) is 10.4 Å². The third-order valence-corrected chi connectivity index (χ3v) is 4.45. The average Bonchev–Trinajstić information content (AvgIpc) is 2.66. The van der Waals surface area contributed by atoms with Crippen LogP contribution >= 0.6 is 0 Å². The third-order valence-electron chi connectivity index (χ3n) is 4.45. The second-order valence-electron chi connectivity index (χ2n) is 6.51. The Bertz CT molecular complexity index is 482. The lowest BCUT2D eigenvalue weighted by atomic mass is 9.95. The van der Waals surface area contributed by atoms with Crippen LogP contribution in [0.15, 0.2) is 10.5 Å². The van der Waals surface area contributed by atoms with Crippen molar-refractivity contribution in [3.63, 3.8) is 0 Å². The van der Waals surface area contributed by atoms with Gasteiger partial charge < -0.3 is 14.8 Å². The first-order valence-corrected chi connectivity index (χ1v) is 7.98. The number of rotatable bonds is 4. The molecule has 1 unspecified atom stereocenters. The number of aliphatic hydroxyl groups is 1. The maximum absolute atomic E-state index is 12.3. The predicted octanol–water partition coefficient (Wildman–Crippen LogP) is 3.19. The molecule has 1 aliphatic carbocycles. The molecule has 0 bridgehead atoms. The zero-order valence-corrected chi connectivity index (χ0v) is 13.4. The number of nitrogens with one attached hydrogen (secondary N) is 1. The first-order chi connectivity index (χ1) is 9.90. The number of hydrogen-bond acceptors (Lipinski definition) is 3. The minimum absolute atomic E-state index is 0.0787. The van der Waals surface area contributed by atoms with E-state index in [1.54, 1.807) is 6.92 Å². The molecule has 1 heterocycles. The molecule has 0 spiro atoms. The average molecular weight is 293 g/mol. The minimum atomic E-state index is -1.10. The summed E-state index contributed by atoms with van der Waals surface area (Å²) in [5, 5.41) is 13.5. The van der Waals surface area contributed by atoms with Crippen LogP contribution in [0.1, 0.15) is 62.5 Å². The van der Waals surface area contributed by atoms with Crippen LogP contribution in [0.5, 0.6) is 0 Å². The minimum Gasteiger partial charge on any atom is -0.466 e. The van der Waals surface area contributed by atoms with Gasteiger partial charge >= 0.3 is 0 Å². The molecular formula is C17H27NO3. The van der Waals surface area contributed by atoms with E-state index in [0.717, 1.165) is 37.0 Å². The van der Waals surface area contributed by atoms with Crippen LogP contribution < -0.4 is 5.32 Å². The highest BCUT2D eigenvalue weighted by atomic mass is 16.3. The molecule has 4 heteroatoms. The highest BCUT2D eigenvalue weighted by Gasteiger charge is 2.29. The van der Waals surface area contributed by atoms with E-state index in [4.69, 9.17) is 4.42 Å². The fourth-order valence-corrected chi connectivity index (χ4v) is 3.21. The van der Waals surface area contributed by atoms with Crippen molar-refractivity contribution in [1.82, 2.24) is 5.32 Å². The van der Waals surface area contributed by atoms with Gasteiger partial charge in [0.1, 0.15) is 17.1 Å². The quantitative estimate of drug-likeness (QED) is 0.838. The number of furan rings is 1. The molecule has 0 radical (unpaired) electrons. The fourth-order valence-electron chi connectivity index (χ4n) is 3.21. The van der Waals surface area contributed by atoms with Gasteiger partial charge in [-0.05, 0) is 39.7 Å². The number of hydrogen-bond donors (Lipinski definition) is 2. The number of carbonyl (C=O) groups excluding carboxylic acids is 1. The standard InChI is InChI=1S/C17H27NO3/c1-12-10-15(13(2)21-12)17(3,20)11-18-16(19)14-8-6-4-5-7-9-14/h10,14,20H,4-9,11H2,1-3H3,(H,18,19). The monoisotopic (exact) mass is 293 g/mol. The van der Waals surface area contributed by atoms with Crippen LogP contribution in [0.3, 0.4) is 0 Å². The Kier molecular flexibility index (Phi) is 5.09. The lowest BCUT2D eigenvalue weighted by Crippen LogP contribution is -2.41. The van der Waals surface area contributed by atoms with E-state index >= 15 is 0 Å². The third kappa shape index (κ3) is 4.10. The van der Waals surface area contributed by atoms with Gasteiger partial charge in [0.15, 0.2) is 0 Å². The number of carbonyl (C=O) groups is 1. The van der Waals surface area contributed by atoms with E-state index in [-0.39, 0.29) is 18.4 Å². The Morgan fingerprint density at radius 1 is 1.33 bits per heavy atom. The van der Waals surface area contributed by atoms with Crippen molar-refractivity contribution < 1.29 is 14.3 Å². The molecule has 21 heavy (non-hydrogen) atoms. The summed E-state index contributed by atoms with van der Waals surface area (Å²) in [5.74, 6) is 1.67. The van der Waals surface area contributed by atoms with Crippen LogP contribution in [0.2, 0.25) is 0 Å². The van der Waals surface area contributed by atoms with Crippen molar-refractivity contribution in [1.29, 1.82) is 0 Å². The van der Waals surface area contributed by atoms with Gasteiger partial charge in [-0.25, -0.2) is 0 Å². The van der Waals surface area contributed by atoms with Crippen molar-refractivity contribution in [3.05, 3.63) is 23.2 Å². The Labute approximate surface area is 126 Å². The van der Waals surface area contributed by atoms with Gasteiger partial charge in [-0.2, -0.15) is 0 Å². The van der Waals surface area contributed by atoms with Gasteiger partial charge in [0.05, 0.1) is 6.54 Å². The first-order valence-electron chi connectivity index (χ1n) is 7.98. The predicted molar refractivity (Wildman–Crippen MR) is 82.0 cm³/mol. The Balaban J connectivity index is 1.94. The summed E-state index contributed by atoms with van der Waals surface area (Å²) >= 11 is 0. The van der Waals surface area contributed by atoms with E-state index in [2.05, 4.69) is 5.32 Å². The molecule has 1 amide bonds. The van der Waals surface area contributed by atoms with Gasteiger partial charge in [0, 0.05) is 11.5 Å². The van der Waals surface area contributed by atoms with Crippen LogP contribution in [0.25, 0.3) is 0 Å². The van der Waals surface area contributed by atoms with Crippen molar-refractivity contribution in [3.8, 4) is 0 Å². The summed E-state index contributed by atoms with van der Waals surface area (Å²) in [6, 6.07) is 1.84. The SMILES string of the molecule is Cc1cc(C(C)(O)CNC(=O)C2CCCCCC2)c(C)o1. The largest absolute Gasteiger partial charge is 0.466 e. The molecule has 1 atom stereocenters. The smallest absolute Gasteiger partial charge is 0.223 e. The summed E-state index contributed by atoms with van der Waals surface area (Å²) in [6.45, 7) is 5.64. The topological polar surface area (TPSA) is 62.5 Å². The second-order valence-corrected chi connectivity index (χ2v) is 6.51. The summed E-state index contributed by atoms with van der Waals surface area (Å²) in [6.07, 6.45) is 6.67. The van der Waals surface area contributed by atoms with Crippen LogP contribution in [-0.4, -0.2) is 17.6 Å². The van der Waals surface area contributed by atoms with Crippen molar-refractivity contribution in [2.45, 2.75) is 64.9 Å². The molecule has 118 valence electrons. The summed E-state index contributed by atoms with van der Waals surface area (Å²) < 4.78 is 5.47. The Morgan fingerprint density at radius 2 is 1.95 bits per heavy atom. The zero-order chi connectivity index (χ0) is 15.5. The molecule has 1 aliphatic rings. The fraction of sp³-hybridized carbons (Fsp3) is 0.706. The summed E-state index contributed by atoms with van der Waals surface area (Å²) in [7, 11) is 0. The molecule has 0 saturated heterocycles. The summed E-state index contributed by atoms with van der Waals surface area (Å²) in [5.41, 5.74) is -0.344. The normalized spacial score (nSPS) is 19.8. The van der Waals surface area contributed by atoms with Crippen molar-refractivity contribution in [2.75, 3.05) is 6.54 Å². The molecule has 0 aliphatic heterocycles. The van der Waals surface area contributed by atoms with E-state index in [1.807, 2.05) is 19.9 Å². The van der Waals surface area contributed by atoms with Crippen molar-refractivity contribution in [2.24, 2.45) is 5.92 Å². The van der Waals surface area contributed by atoms with Gasteiger partial charge in [-0.15, -0.1) is 0 Å². The molecule has 2 N–H and O–H groups in total. The maximum Gasteiger partial charge on any atom is 0.223 e. The van der Waals surface area contributed by atoms with Crippen LogP contribution in [0.4, 0.5) is 0 Å². The van der Waals surface area contributed by atoms with Gasteiger partial charge in [0.25, 0.3) is 0 Å². The van der Waals surface area contributed by atoms with Crippen molar-refractivity contribution >= 4 is 5.91 Å². The van der Waals surface area contributed by atoms with E-state index in [1.165, 1.54) is 12.8 Å². The maximum atomic E-state index is 12.3. The molecule has 4 nitrogen and oxygen atoms in total.